The lowest BCUT2D eigenvalue weighted by atomic mass is 10.1. The van der Waals surface area contributed by atoms with Gasteiger partial charge in [-0.15, -0.1) is 0 Å². The van der Waals surface area contributed by atoms with Crippen molar-refractivity contribution in [2.45, 2.75) is 24.4 Å². The van der Waals surface area contributed by atoms with E-state index in [-0.39, 0.29) is 11.4 Å². The SMILES string of the molecule is Cc1ccc(S(=O)(=O)NCC/C=C/c2ccc(C(F)(F)F)cc2)cc1. The molecule has 0 saturated carbocycles. The Bertz CT molecular complexity index is 824. The Kier molecular flexibility index (Phi) is 6.02. The highest BCUT2D eigenvalue weighted by Crippen LogP contribution is 2.29. The van der Waals surface area contributed by atoms with Gasteiger partial charge in [0.1, 0.15) is 0 Å². The number of sulfonamides is 1. The number of rotatable bonds is 6. The number of aryl methyl sites for hydroxylation is 1. The smallest absolute Gasteiger partial charge is 0.211 e. The molecule has 0 fully saturated rings. The molecule has 0 aliphatic carbocycles. The Morgan fingerprint density at radius 2 is 1.60 bits per heavy atom. The van der Waals surface area contributed by atoms with Crippen molar-refractivity contribution in [2.75, 3.05) is 6.54 Å². The molecule has 2 rings (SSSR count). The van der Waals surface area contributed by atoms with Gasteiger partial charge in [-0.05, 0) is 43.2 Å². The van der Waals surface area contributed by atoms with Crippen LogP contribution in [0.4, 0.5) is 13.2 Å². The molecule has 0 bridgehead atoms. The molecule has 0 heterocycles. The Balaban J connectivity index is 1.86. The Hall–Kier alpha value is -2.12. The summed E-state index contributed by atoms with van der Waals surface area (Å²) >= 11 is 0. The molecular weight excluding hydrogens is 351 g/mol. The fourth-order valence-electron chi connectivity index (χ4n) is 2.08. The largest absolute Gasteiger partial charge is 0.416 e. The molecular formula is C18H18F3NO2S. The first-order valence-electron chi connectivity index (χ1n) is 7.59. The predicted molar refractivity (Wildman–Crippen MR) is 91.5 cm³/mol. The first-order chi connectivity index (χ1) is 11.7. The number of nitrogens with one attached hydrogen (secondary N) is 1. The normalized spacial score (nSPS) is 12.6. The monoisotopic (exact) mass is 369 g/mol. The number of hydrogen-bond donors (Lipinski definition) is 1. The van der Waals surface area contributed by atoms with Gasteiger partial charge in [-0.3, -0.25) is 0 Å². The molecule has 0 atom stereocenters. The first kappa shape index (κ1) is 19.2. The third-order valence-corrected chi connectivity index (χ3v) is 4.96. The molecule has 25 heavy (non-hydrogen) atoms. The summed E-state index contributed by atoms with van der Waals surface area (Å²) in [6.07, 6.45) is -0.566. The van der Waals surface area contributed by atoms with E-state index in [4.69, 9.17) is 0 Å². The summed E-state index contributed by atoms with van der Waals surface area (Å²) in [5, 5.41) is 0. The van der Waals surface area contributed by atoms with Crippen molar-refractivity contribution in [1.29, 1.82) is 0 Å². The lowest BCUT2D eigenvalue weighted by molar-refractivity contribution is -0.137. The molecule has 0 aliphatic rings. The van der Waals surface area contributed by atoms with Crippen LogP contribution in [0.2, 0.25) is 0 Å². The van der Waals surface area contributed by atoms with Crippen LogP contribution in [-0.2, 0) is 16.2 Å². The van der Waals surface area contributed by atoms with Gasteiger partial charge >= 0.3 is 6.18 Å². The lowest BCUT2D eigenvalue weighted by Crippen LogP contribution is -2.24. The Labute approximate surface area is 145 Å². The maximum Gasteiger partial charge on any atom is 0.416 e. The van der Waals surface area contributed by atoms with Crippen LogP contribution in [0, 0.1) is 6.92 Å². The molecule has 0 amide bonds. The van der Waals surface area contributed by atoms with Crippen molar-refractivity contribution < 1.29 is 21.6 Å². The van der Waals surface area contributed by atoms with Crippen molar-refractivity contribution in [2.24, 2.45) is 0 Å². The predicted octanol–water partition coefficient (Wildman–Crippen LogP) is 4.40. The summed E-state index contributed by atoms with van der Waals surface area (Å²) in [6, 6.07) is 11.3. The third kappa shape index (κ3) is 5.72. The van der Waals surface area contributed by atoms with Crippen molar-refractivity contribution in [1.82, 2.24) is 4.72 Å². The van der Waals surface area contributed by atoms with Crippen LogP contribution >= 0.6 is 0 Å². The summed E-state index contributed by atoms with van der Waals surface area (Å²) < 4.78 is 64.0. The van der Waals surface area contributed by atoms with Gasteiger partial charge in [0.15, 0.2) is 0 Å². The molecule has 134 valence electrons. The van der Waals surface area contributed by atoms with Crippen LogP contribution < -0.4 is 4.72 Å². The van der Waals surface area contributed by atoms with E-state index in [1.165, 1.54) is 24.3 Å². The van der Waals surface area contributed by atoms with Crippen LogP contribution in [0.15, 0.2) is 59.5 Å². The average molecular weight is 369 g/mol. The molecule has 0 radical (unpaired) electrons. The second-order valence-corrected chi connectivity index (χ2v) is 7.29. The van der Waals surface area contributed by atoms with Crippen LogP contribution in [0.25, 0.3) is 6.08 Å². The van der Waals surface area contributed by atoms with Gasteiger partial charge < -0.3 is 0 Å². The minimum atomic E-state index is -4.35. The zero-order valence-electron chi connectivity index (χ0n) is 13.5. The number of hydrogen-bond acceptors (Lipinski definition) is 2. The lowest BCUT2D eigenvalue weighted by Gasteiger charge is -2.06. The molecule has 1 N–H and O–H groups in total. The van der Waals surface area contributed by atoms with Gasteiger partial charge in [0, 0.05) is 6.54 Å². The van der Waals surface area contributed by atoms with Gasteiger partial charge in [-0.2, -0.15) is 13.2 Å². The minimum absolute atomic E-state index is 0.199. The number of benzene rings is 2. The summed E-state index contributed by atoms with van der Waals surface area (Å²) in [4.78, 5) is 0.199. The standard InChI is InChI=1S/C18H18F3NO2S/c1-14-5-11-17(12-6-14)25(23,24)22-13-3-2-4-15-7-9-16(10-8-15)18(19,20)21/h2,4-12,22H,3,13H2,1H3/b4-2+. The van der Waals surface area contributed by atoms with Crippen molar-refractivity contribution in [3.05, 3.63) is 71.3 Å². The van der Waals surface area contributed by atoms with Gasteiger partial charge in [0.2, 0.25) is 10.0 Å². The molecule has 0 aromatic heterocycles. The maximum atomic E-state index is 12.5. The minimum Gasteiger partial charge on any atom is -0.211 e. The molecule has 0 aliphatic heterocycles. The van der Waals surface area contributed by atoms with Gasteiger partial charge in [0.25, 0.3) is 0 Å². The second kappa shape index (κ2) is 7.84. The van der Waals surface area contributed by atoms with E-state index in [1.54, 1.807) is 24.3 Å². The van der Waals surface area contributed by atoms with Crippen molar-refractivity contribution in [3.8, 4) is 0 Å². The molecule has 2 aromatic carbocycles. The van der Waals surface area contributed by atoms with Gasteiger partial charge in [-0.1, -0.05) is 42.0 Å². The quantitative estimate of drug-likeness (QED) is 0.768. The molecule has 7 heteroatoms. The number of halogens is 3. The summed E-state index contributed by atoms with van der Waals surface area (Å²) in [5.41, 5.74) is 0.892. The Morgan fingerprint density at radius 3 is 2.16 bits per heavy atom. The molecule has 0 saturated heterocycles. The van der Waals surface area contributed by atoms with E-state index in [0.717, 1.165) is 17.7 Å². The molecule has 0 unspecified atom stereocenters. The van der Waals surface area contributed by atoms with Gasteiger partial charge in [-0.25, -0.2) is 13.1 Å². The first-order valence-corrected chi connectivity index (χ1v) is 9.07. The Morgan fingerprint density at radius 1 is 1.00 bits per heavy atom. The highest BCUT2D eigenvalue weighted by molar-refractivity contribution is 7.89. The molecule has 3 nitrogen and oxygen atoms in total. The number of alkyl halides is 3. The summed E-state index contributed by atoms with van der Waals surface area (Å²) in [6.45, 7) is 2.07. The molecule has 2 aromatic rings. The van der Waals surface area contributed by atoms with Gasteiger partial charge in [0.05, 0.1) is 10.5 Å². The zero-order chi connectivity index (χ0) is 18.5. The van der Waals surface area contributed by atoms with E-state index < -0.39 is 21.8 Å². The van der Waals surface area contributed by atoms with E-state index in [9.17, 15) is 21.6 Å². The highest BCUT2D eigenvalue weighted by atomic mass is 32.2. The highest BCUT2D eigenvalue weighted by Gasteiger charge is 2.29. The summed E-state index contributed by atoms with van der Waals surface area (Å²) in [5.74, 6) is 0. The van der Waals surface area contributed by atoms with Crippen LogP contribution in [0.1, 0.15) is 23.1 Å². The van der Waals surface area contributed by atoms with Crippen molar-refractivity contribution >= 4 is 16.1 Å². The van der Waals surface area contributed by atoms with Crippen LogP contribution in [-0.4, -0.2) is 15.0 Å². The molecule has 0 spiro atoms. The summed E-state index contributed by atoms with van der Waals surface area (Å²) in [7, 11) is -3.55. The van der Waals surface area contributed by atoms with Crippen LogP contribution in [0.5, 0.6) is 0 Å². The van der Waals surface area contributed by atoms with E-state index in [1.807, 2.05) is 6.92 Å². The fourth-order valence-corrected chi connectivity index (χ4v) is 3.13. The third-order valence-electron chi connectivity index (χ3n) is 3.48. The van der Waals surface area contributed by atoms with E-state index in [0.29, 0.717) is 12.0 Å². The fraction of sp³-hybridized carbons (Fsp3) is 0.222. The van der Waals surface area contributed by atoms with Crippen LogP contribution in [0.3, 0.4) is 0 Å². The zero-order valence-corrected chi connectivity index (χ0v) is 14.4. The topological polar surface area (TPSA) is 46.2 Å². The average Bonchev–Trinajstić information content (AvgIpc) is 2.54. The van der Waals surface area contributed by atoms with E-state index in [2.05, 4.69) is 4.72 Å². The maximum absolute atomic E-state index is 12.5. The van der Waals surface area contributed by atoms with E-state index >= 15 is 0 Å². The van der Waals surface area contributed by atoms with Crippen molar-refractivity contribution in [3.63, 3.8) is 0 Å². The second-order valence-electron chi connectivity index (χ2n) is 5.52.